The van der Waals surface area contributed by atoms with Crippen LogP contribution in [-0.4, -0.2) is 152 Å². The number of amides is 1. The van der Waals surface area contributed by atoms with E-state index in [9.17, 15) is 39.3 Å². The topological polar surface area (TPSA) is 205 Å². The highest BCUT2D eigenvalue weighted by atomic mass is 16.6. The van der Waals surface area contributed by atoms with Crippen LogP contribution in [0.25, 0.3) is 0 Å². The fraction of sp³-hybridized carbons (Fsp3) is 0.764. The summed E-state index contributed by atoms with van der Waals surface area (Å²) in [7, 11) is 4.61. The molecule has 15 nitrogen and oxygen atoms in total. The number of Topliss-reactive ketones (excluding diaryl/α,β-unsaturated/α-hetero) is 3. The monoisotopic (exact) mass is 988 g/mol. The van der Waals surface area contributed by atoms with Gasteiger partial charge < -0.3 is 48.6 Å². The van der Waals surface area contributed by atoms with Crippen molar-refractivity contribution in [2.75, 3.05) is 47.7 Å². The number of methoxy groups -OCH3 is 3. The van der Waals surface area contributed by atoms with E-state index in [0.29, 0.717) is 57.5 Å². The maximum Gasteiger partial charge on any atom is 0.329 e. The minimum Gasteiger partial charge on any atom is -0.460 e. The van der Waals surface area contributed by atoms with Gasteiger partial charge in [-0.25, -0.2) is 4.79 Å². The van der Waals surface area contributed by atoms with Gasteiger partial charge in [-0.1, -0.05) is 71.1 Å². The Hall–Kier alpha value is -3.41. The maximum absolute atomic E-state index is 14.4. The summed E-state index contributed by atoms with van der Waals surface area (Å²) < 4.78 is 35.0. The van der Waals surface area contributed by atoms with Gasteiger partial charge in [0, 0.05) is 59.2 Å². The molecule has 0 radical (unpaired) electrons. The number of piperidine rings is 1. The Labute approximate surface area is 418 Å². The van der Waals surface area contributed by atoms with Crippen molar-refractivity contribution in [3.05, 3.63) is 47.6 Å². The number of cyclic esters (lactones) is 1. The van der Waals surface area contributed by atoms with E-state index < -0.39 is 78.1 Å². The van der Waals surface area contributed by atoms with Crippen LogP contribution in [0.2, 0.25) is 0 Å². The number of rotatable bonds is 11. The number of ketones is 3. The molecule has 0 aromatic carbocycles. The standard InChI is InChI=1S/C55H89NO14/c1-12-68-26-27-69-45-24-22-41(31-48(45)66-10)30-38(6)47-33-44(58)37(5)29-40(8)51(61)53(67-11)50(60)39(7)28-34(2)18-14-13-15-19-35(3)46(65-9)32-42(57)23-21-36(4)49(59)52(62)54(63)56-25-17-16-20-43(56)55(64)70-47/h13-15,18-19,29,34,36-39,41-43,45-49,51,53,57,59,61H,12,16-17,20-28,30-33H2,1-11H3/b15-13+,18-14-,35-19+,40-29+/t34-,36-,37-,38-,39-,41+,42+,43-,45-,46+,47-,48-,49+,51-,53+/m1/s1. The number of hydrogen-bond donors (Lipinski definition) is 3. The van der Waals surface area contributed by atoms with E-state index in [2.05, 4.69) is 0 Å². The predicted octanol–water partition coefficient (Wildman–Crippen LogP) is 6.88. The van der Waals surface area contributed by atoms with Gasteiger partial charge in [-0.2, -0.15) is 0 Å². The molecule has 0 bridgehead atoms. The minimum atomic E-state index is -1.66. The fourth-order valence-electron chi connectivity index (χ4n) is 10.2. The molecule has 1 amide bonds. The molecule has 70 heavy (non-hydrogen) atoms. The fourth-order valence-corrected chi connectivity index (χ4v) is 10.2. The van der Waals surface area contributed by atoms with Crippen molar-refractivity contribution in [1.29, 1.82) is 0 Å². The molecule has 1 saturated heterocycles. The molecule has 15 heteroatoms. The lowest BCUT2D eigenvalue weighted by Gasteiger charge is -2.38. The van der Waals surface area contributed by atoms with Crippen molar-refractivity contribution in [2.45, 2.75) is 187 Å². The normalized spacial score (nSPS) is 36.9. The van der Waals surface area contributed by atoms with Crippen molar-refractivity contribution in [2.24, 2.45) is 35.5 Å². The summed E-state index contributed by atoms with van der Waals surface area (Å²) in [5.74, 6) is -5.25. The van der Waals surface area contributed by atoms with E-state index in [1.54, 1.807) is 41.1 Å². The number of carbonyl (C=O) groups excluding carboxylic acids is 5. The van der Waals surface area contributed by atoms with E-state index in [-0.39, 0.29) is 80.2 Å². The second-order valence-electron chi connectivity index (χ2n) is 20.4. The molecule has 1 saturated carbocycles. The molecule has 2 heterocycles. The van der Waals surface area contributed by atoms with Gasteiger partial charge >= 0.3 is 5.97 Å². The zero-order chi connectivity index (χ0) is 52.1. The molecule has 2 aliphatic heterocycles. The quantitative estimate of drug-likeness (QED) is 0.0837. The van der Waals surface area contributed by atoms with Crippen molar-refractivity contribution < 1.29 is 67.7 Å². The highest BCUT2D eigenvalue weighted by molar-refractivity contribution is 6.38. The van der Waals surface area contributed by atoms with E-state index in [1.807, 2.05) is 65.0 Å². The molecule has 0 spiro atoms. The van der Waals surface area contributed by atoms with E-state index >= 15 is 0 Å². The van der Waals surface area contributed by atoms with Crippen LogP contribution < -0.4 is 0 Å². The van der Waals surface area contributed by atoms with Gasteiger partial charge in [-0.15, -0.1) is 0 Å². The molecule has 0 aromatic heterocycles. The number of hydrogen-bond acceptors (Lipinski definition) is 14. The molecule has 3 rings (SSSR count). The van der Waals surface area contributed by atoms with Gasteiger partial charge in [-0.05, 0) is 120 Å². The van der Waals surface area contributed by atoms with Gasteiger partial charge in [0.1, 0.15) is 36.2 Å². The lowest BCUT2D eigenvalue weighted by molar-refractivity contribution is -0.167. The van der Waals surface area contributed by atoms with Crippen molar-refractivity contribution in [3.8, 4) is 0 Å². The molecule has 15 atom stereocenters. The molecule has 3 aliphatic rings. The first-order valence-electron chi connectivity index (χ1n) is 25.9. The molecule has 1 aliphatic carbocycles. The van der Waals surface area contributed by atoms with Gasteiger partial charge in [0.25, 0.3) is 5.91 Å². The number of nitrogens with zero attached hydrogens (tertiary/aromatic N) is 1. The molecule has 0 aromatic rings. The van der Waals surface area contributed by atoms with Gasteiger partial charge in [0.05, 0.1) is 37.6 Å². The second-order valence-corrected chi connectivity index (χ2v) is 20.4. The van der Waals surface area contributed by atoms with E-state index in [4.69, 9.17) is 28.4 Å². The van der Waals surface area contributed by atoms with Crippen molar-refractivity contribution in [1.82, 2.24) is 4.90 Å². The number of fused-ring (bicyclic) bond motifs is 1. The summed E-state index contributed by atoms with van der Waals surface area (Å²) in [4.78, 5) is 71.1. The number of esters is 1. The summed E-state index contributed by atoms with van der Waals surface area (Å²) in [5.41, 5.74) is 1.27. The van der Waals surface area contributed by atoms with Gasteiger partial charge in [0.2, 0.25) is 5.78 Å². The highest BCUT2D eigenvalue weighted by Crippen LogP contribution is 2.35. The average Bonchev–Trinajstić information content (AvgIpc) is 3.34. The number of ether oxygens (including phenoxy) is 6. The summed E-state index contributed by atoms with van der Waals surface area (Å²) in [6, 6.07) is -1.11. The Morgan fingerprint density at radius 1 is 0.786 bits per heavy atom. The van der Waals surface area contributed by atoms with Crippen LogP contribution in [0.5, 0.6) is 0 Å². The van der Waals surface area contributed by atoms with Gasteiger partial charge in [0.15, 0.2) is 5.78 Å². The Kier molecular flexibility index (Phi) is 27.2. The van der Waals surface area contributed by atoms with Crippen LogP contribution in [0.3, 0.4) is 0 Å². The van der Waals surface area contributed by atoms with Crippen LogP contribution in [0, 0.1) is 35.5 Å². The summed E-state index contributed by atoms with van der Waals surface area (Å²) >= 11 is 0. The van der Waals surface area contributed by atoms with Gasteiger partial charge in [-0.3, -0.25) is 19.2 Å². The van der Waals surface area contributed by atoms with Crippen LogP contribution in [0.15, 0.2) is 47.6 Å². The number of aliphatic hydroxyl groups is 3. The Morgan fingerprint density at radius 2 is 1.51 bits per heavy atom. The number of carbonyl (C=O) groups is 5. The zero-order valence-corrected chi connectivity index (χ0v) is 44.2. The molecule has 3 N–H and O–H groups in total. The Morgan fingerprint density at radius 3 is 2.19 bits per heavy atom. The summed E-state index contributed by atoms with van der Waals surface area (Å²) in [5, 5.41) is 33.7. The maximum atomic E-state index is 14.4. The molecular formula is C55H89NO14. The molecule has 398 valence electrons. The molecule has 0 unspecified atom stereocenters. The minimum absolute atomic E-state index is 0.0189. The molecular weight excluding hydrogens is 899 g/mol. The van der Waals surface area contributed by atoms with E-state index in [1.165, 1.54) is 12.0 Å². The van der Waals surface area contributed by atoms with Crippen LogP contribution in [0.4, 0.5) is 0 Å². The smallest absolute Gasteiger partial charge is 0.329 e. The van der Waals surface area contributed by atoms with Crippen LogP contribution >= 0.6 is 0 Å². The first kappa shape index (κ1) is 60.9. The average molecular weight is 988 g/mol. The second kappa shape index (κ2) is 31.2. The number of allylic oxidation sites excluding steroid dienone is 6. The lowest BCUT2D eigenvalue weighted by Crippen LogP contribution is -2.54. The van der Waals surface area contributed by atoms with Crippen molar-refractivity contribution >= 4 is 29.2 Å². The summed E-state index contributed by atoms with van der Waals surface area (Å²) in [6.07, 6.45) is 10.0. The largest absolute Gasteiger partial charge is 0.460 e. The lowest BCUT2D eigenvalue weighted by atomic mass is 9.78. The Bertz CT molecular complexity index is 1780. The zero-order valence-electron chi connectivity index (χ0n) is 44.2. The highest BCUT2D eigenvalue weighted by Gasteiger charge is 2.42. The summed E-state index contributed by atoms with van der Waals surface area (Å²) in [6.45, 7) is 16.3. The first-order valence-corrected chi connectivity index (χ1v) is 25.9. The van der Waals surface area contributed by atoms with E-state index in [0.717, 1.165) is 18.4 Å². The molecule has 2 fully saturated rings. The third-order valence-corrected chi connectivity index (χ3v) is 14.7. The predicted molar refractivity (Wildman–Crippen MR) is 268 cm³/mol. The number of aliphatic hydroxyl groups excluding tert-OH is 3. The van der Waals surface area contributed by atoms with Crippen LogP contribution in [0.1, 0.15) is 132 Å². The SMILES string of the molecule is CCOCCO[C@@H]1CC[C@@H](C[C@@H](C)[C@H]2CC(=O)[C@H](C)/C=C(\C)[C@@H](O)[C@@H](OC)C(=O)[C@H](C)C[C@H](C)\C=C/C=C/C=C(\C)[C@@H](OC)C[C@@H](O)CC[C@@H](C)[C@H](O)C(=O)C(=O)N3CCCC[C@@H]3C(=O)O2)C[C@H]1OC. The van der Waals surface area contributed by atoms with Crippen LogP contribution in [-0.2, 0) is 52.4 Å². The first-order chi connectivity index (χ1) is 33.3. The third-order valence-electron chi connectivity index (χ3n) is 14.7. The Balaban J connectivity index is 1.97. The third kappa shape index (κ3) is 18.9. The van der Waals surface area contributed by atoms with Crippen molar-refractivity contribution in [3.63, 3.8) is 0 Å².